The molecule has 8 heteroatoms. The number of hydrogen-bond donors (Lipinski definition) is 2. The predicted octanol–water partition coefficient (Wildman–Crippen LogP) is 2.30. The smallest absolute Gasteiger partial charge is 0.217 e. The summed E-state index contributed by atoms with van der Waals surface area (Å²) < 4.78 is 5.82. The number of ether oxygens (including phenoxy) is 1. The van der Waals surface area contributed by atoms with Crippen molar-refractivity contribution in [3.8, 4) is 5.75 Å². The van der Waals surface area contributed by atoms with Crippen LogP contribution >= 0.6 is 24.0 Å². The average molecular weight is 517 g/mol. The molecule has 0 aliphatic carbocycles. The standard InChI is InChI=1S/C21H35N5O2.HI/c1-4-23-21(26-10-6-8-18(16-26)14-20(22)27)24-15-17-7-5-9-19(13-17)28-12-11-25(2)3;/h5,7,9,13,18H,4,6,8,10-12,14-16H2,1-3H3,(H2,22,27)(H,23,24);1H. The van der Waals surface area contributed by atoms with Gasteiger partial charge in [-0.3, -0.25) is 4.79 Å². The summed E-state index contributed by atoms with van der Waals surface area (Å²) in [7, 11) is 4.07. The molecule has 0 radical (unpaired) electrons. The van der Waals surface area contributed by atoms with E-state index >= 15 is 0 Å². The molecule has 29 heavy (non-hydrogen) atoms. The molecule has 1 fully saturated rings. The summed E-state index contributed by atoms with van der Waals surface area (Å²) in [6.45, 7) is 6.79. The number of likely N-dealkylation sites (N-methyl/N-ethyl adjacent to an activating group) is 1. The summed E-state index contributed by atoms with van der Waals surface area (Å²) in [5, 5.41) is 3.38. The summed E-state index contributed by atoms with van der Waals surface area (Å²) in [6, 6.07) is 8.10. The fraction of sp³-hybridized carbons (Fsp3) is 0.619. The number of benzene rings is 1. The van der Waals surface area contributed by atoms with Gasteiger partial charge in [0.25, 0.3) is 0 Å². The van der Waals surface area contributed by atoms with Crippen molar-refractivity contribution in [2.45, 2.75) is 32.7 Å². The predicted molar refractivity (Wildman–Crippen MR) is 129 cm³/mol. The molecule has 1 aromatic rings. The van der Waals surface area contributed by atoms with Gasteiger partial charge in [0.1, 0.15) is 12.4 Å². The SMILES string of the molecule is CCNC(=NCc1cccc(OCCN(C)C)c1)N1CCCC(CC(N)=O)C1.I. The maximum absolute atomic E-state index is 11.3. The number of likely N-dealkylation sites (tertiary alicyclic amines) is 1. The molecule has 7 nitrogen and oxygen atoms in total. The maximum Gasteiger partial charge on any atom is 0.217 e. The summed E-state index contributed by atoms with van der Waals surface area (Å²) in [5.41, 5.74) is 6.50. The van der Waals surface area contributed by atoms with Crippen molar-refractivity contribution >= 4 is 35.8 Å². The molecule has 1 atom stereocenters. The van der Waals surface area contributed by atoms with Crippen molar-refractivity contribution in [2.24, 2.45) is 16.6 Å². The largest absolute Gasteiger partial charge is 0.492 e. The third-order valence-electron chi connectivity index (χ3n) is 4.76. The van der Waals surface area contributed by atoms with Crippen LogP contribution in [0, 0.1) is 5.92 Å². The van der Waals surface area contributed by atoms with E-state index in [2.05, 4.69) is 34.2 Å². The van der Waals surface area contributed by atoms with E-state index in [-0.39, 0.29) is 29.9 Å². The van der Waals surface area contributed by atoms with E-state index in [1.54, 1.807) is 0 Å². The lowest BCUT2D eigenvalue weighted by molar-refractivity contribution is -0.119. The number of rotatable bonds is 9. The number of carbonyl (C=O) groups is 1. The van der Waals surface area contributed by atoms with Gasteiger partial charge in [-0.25, -0.2) is 4.99 Å². The Hall–Kier alpha value is -1.55. The second kappa shape index (κ2) is 13.6. The van der Waals surface area contributed by atoms with Crippen molar-refractivity contribution in [2.75, 3.05) is 46.9 Å². The highest BCUT2D eigenvalue weighted by molar-refractivity contribution is 14.0. The molecule has 0 bridgehead atoms. The van der Waals surface area contributed by atoms with Gasteiger partial charge in [-0.05, 0) is 57.5 Å². The van der Waals surface area contributed by atoms with Crippen molar-refractivity contribution in [1.29, 1.82) is 0 Å². The highest BCUT2D eigenvalue weighted by Crippen LogP contribution is 2.20. The first-order valence-corrected chi connectivity index (χ1v) is 10.2. The Morgan fingerprint density at radius 2 is 2.21 bits per heavy atom. The molecule has 0 aromatic heterocycles. The summed E-state index contributed by atoms with van der Waals surface area (Å²) in [5.74, 6) is 1.86. The Morgan fingerprint density at radius 3 is 2.90 bits per heavy atom. The van der Waals surface area contributed by atoms with E-state index in [4.69, 9.17) is 15.5 Å². The van der Waals surface area contributed by atoms with Gasteiger partial charge in [-0.1, -0.05) is 12.1 Å². The van der Waals surface area contributed by atoms with Gasteiger partial charge >= 0.3 is 0 Å². The van der Waals surface area contributed by atoms with Crippen molar-refractivity contribution in [1.82, 2.24) is 15.1 Å². The van der Waals surface area contributed by atoms with Crippen molar-refractivity contribution < 1.29 is 9.53 Å². The highest BCUT2D eigenvalue weighted by atomic mass is 127. The Balaban J connectivity index is 0.00000420. The lowest BCUT2D eigenvalue weighted by Gasteiger charge is -2.34. The molecule has 3 N–H and O–H groups in total. The zero-order valence-electron chi connectivity index (χ0n) is 17.9. The topological polar surface area (TPSA) is 83.2 Å². The number of piperidine rings is 1. The van der Waals surface area contributed by atoms with Gasteiger partial charge in [-0.15, -0.1) is 24.0 Å². The van der Waals surface area contributed by atoms with Gasteiger partial charge in [-0.2, -0.15) is 0 Å². The average Bonchev–Trinajstić information content (AvgIpc) is 2.65. The minimum Gasteiger partial charge on any atom is -0.492 e. The van der Waals surface area contributed by atoms with Crippen LogP contribution in [0.5, 0.6) is 5.75 Å². The van der Waals surface area contributed by atoms with Crippen LogP contribution in [0.2, 0.25) is 0 Å². The number of hydrogen-bond acceptors (Lipinski definition) is 4. The Bertz CT molecular complexity index is 654. The molecule has 0 saturated carbocycles. The highest BCUT2D eigenvalue weighted by Gasteiger charge is 2.23. The van der Waals surface area contributed by atoms with E-state index in [9.17, 15) is 4.79 Å². The molecule has 1 aliphatic heterocycles. The number of primary amides is 1. The molecular weight excluding hydrogens is 481 g/mol. The third kappa shape index (κ3) is 9.66. The van der Waals surface area contributed by atoms with Crippen LogP contribution in [-0.2, 0) is 11.3 Å². The van der Waals surface area contributed by atoms with Crippen LogP contribution in [0.15, 0.2) is 29.3 Å². The summed E-state index contributed by atoms with van der Waals surface area (Å²) in [4.78, 5) is 20.4. The van der Waals surface area contributed by atoms with Gasteiger partial charge < -0.3 is 25.6 Å². The van der Waals surface area contributed by atoms with Crippen molar-refractivity contribution in [3.05, 3.63) is 29.8 Å². The molecule has 1 amide bonds. The normalized spacial score (nSPS) is 17.0. The van der Waals surface area contributed by atoms with E-state index in [1.807, 2.05) is 26.2 Å². The van der Waals surface area contributed by atoms with E-state index < -0.39 is 0 Å². The van der Waals surface area contributed by atoms with Crippen LogP contribution in [-0.4, -0.2) is 68.5 Å². The Morgan fingerprint density at radius 1 is 1.41 bits per heavy atom. The number of amides is 1. The first-order chi connectivity index (χ1) is 13.5. The number of nitrogens with zero attached hydrogens (tertiary/aromatic N) is 3. The molecule has 0 spiro atoms. The number of halogens is 1. The second-order valence-electron chi connectivity index (χ2n) is 7.59. The van der Waals surface area contributed by atoms with Crippen LogP contribution in [0.1, 0.15) is 31.7 Å². The number of nitrogens with two attached hydrogens (primary N) is 1. The third-order valence-corrected chi connectivity index (χ3v) is 4.76. The van der Waals surface area contributed by atoms with Gasteiger partial charge in [0.15, 0.2) is 5.96 Å². The quantitative estimate of drug-likeness (QED) is 0.299. The fourth-order valence-electron chi connectivity index (χ4n) is 3.38. The van der Waals surface area contributed by atoms with Gasteiger partial charge in [0, 0.05) is 32.6 Å². The minimum atomic E-state index is -0.222. The van der Waals surface area contributed by atoms with E-state index in [1.165, 1.54) is 0 Å². The summed E-state index contributed by atoms with van der Waals surface area (Å²) >= 11 is 0. The molecular formula is C21H36IN5O2. The van der Waals surface area contributed by atoms with Crippen LogP contribution < -0.4 is 15.8 Å². The number of guanidine groups is 1. The first kappa shape index (κ1) is 25.5. The molecule has 2 rings (SSSR count). The molecule has 1 heterocycles. The van der Waals surface area contributed by atoms with Crippen LogP contribution in [0.3, 0.4) is 0 Å². The molecule has 164 valence electrons. The molecule has 1 unspecified atom stereocenters. The van der Waals surface area contributed by atoms with Gasteiger partial charge in [0.05, 0.1) is 6.54 Å². The summed E-state index contributed by atoms with van der Waals surface area (Å²) in [6.07, 6.45) is 2.55. The lowest BCUT2D eigenvalue weighted by atomic mass is 9.95. The van der Waals surface area contributed by atoms with E-state index in [0.717, 1.165) is 56.3 Å². The Kier molecular flexibility index (Phi) is 12.0. The van der Waals surface area contributed by atoms with Crippen LogP contribution in [0.25, 0.3) is 0 Å². The first-order valence-electron chi connectivity index (χ1n) is 10.2. The minimum absolute atomic E-state index is 0. The lowest BCUT2D eigenvalue weighted by Crippen LogP contribution is -2.47. The monoisotopic (exact) mass is 517 g/mol. The molecule has 1 aromatic carbocycles. The maximum atomic E-state index is 11.3. The van der Waals surface area contributed by atoms with E-state index in [0.29, 0.717) is 25.5 Å². The molecule has 1 aliphatic rings. The number of aliphatic imine (C=N–C) groups is 1. The van der Waals surface area contributed by atoms with Gasteiger partial charge in [0.2, 0.25) is 5.91 Å². The number of nitrogens with one attached hydrogen (secondary N) is 1. The number of carbonyl (C=O) groups excluding carboxylic acids is 1. The zero-order chi connectivity index (χ0) is 20.4. The fourth-order valence-corrected chi connectivity index (χ4v) is 3.38. The second-order valence-corrected chi connectivity index (χ2v) is 7.59. The molecule has 1 saturated heterocycles. The Labute approximate surface area is 192 Å². The zero-order valence-corrected chi connectivity index (χ0v) is 20.2. The van der Waals surface area contributed by atoms with Crippen molar-refractivity contribution in [3.63, 3.8) is 0 Å². The van der Waals surface area contributed by atoms with Crippen LogP contribution in [0.4, 0.5) is 0 Å².